The van der Waals surface area contributed by atoms with Crippen molar-refractivity contribution in [2.75, 3.05) is 22.9 Å². The molecule has 5 rings (SSSR count). The van der Waals surface area contributed by atoms with Crippen molar-refractivity contribution in [3.05, 3.63) is 117 Å². The second kappa shape index (κ2) is 9.10. The number of hydrogen-bond donors (Lipinski definition) is 4. The van der Waals surface area contributed by atoms with Crippen molar-refractivity contribution in [3.8, 4) is 0 Å². The molecule has 4 aromatic rings. The quantitative estimate of drug-likeness (QED) is 0.199. The van der Waals surface area contributed by atoms with Crippen LogP contribution in [-0.2, 0) is 0 Å². The van der Waals surface area contributed by atoms with Crippen LogP contribution in [0.1, 0.15) is 0 Å². The standard InChI is InChI=1S/4C6H6N.C4H4.2Sb/c4*7-6-4-2-1-3-5-6;1-3-4-2;;/h4*2-5H,7H2;1-4H;;. The zero-order valence-electron chi connectivity index (χ0n) is 18.8. The third-order valence-electron chi connectivity index (χ3n) is 6.36. The van der Waals surface area contributed by atoms with Gasteiger partial charge in [-0.15, -0.1) is 0 Å². The van der Waals surface area contributed by atoms with Crippen LogP contribution in [0.5, 0.6) is 0 Å². The van der Waals surface area contributed by atoms with E-state index in [1.54, 1.807) is 0 Å². The first-order valence-corrected chi connectivity index (χ1v) is 27.9. The second-order valence-corrected chi connectivity index (χ2v) is 48.0. The van der Waals surface area contributed by atoms with Crippen LogP contribution in [0.15, 0.2) is 117 Å². The maximum absolute atomic E-state index is 6.14. The van der Waals surface area contributed by atoms with Crippen molar-refractivity contribution in [3.63, 3.8) is 0 Å². The van der Waals surface area contributed by atoms with Crippen molar-refractivity contribution < 1.29 is 0 Å². The number of allylic oxidation sites excluding steroid dienone is 2. The summed E-state index contributed by atoms with van der Waals surface area (Å²) >= 11 is -6.95. The minimum absolute atomic E-state index is 0.774. The summed E-state index contributed by atoms with van der Waals surface area (Å²) in [5, 5.41) is 0. The normalized spacial score (nSPS) is 15.8. The van der Waals surface area contributed by atoms with Crippen LogP contribution in [0, 0.1) is 0 Å². The van der Waals surface area contributed by atoms with Crippen LogP contribution in [0.25, 0.3) is 0 Å². The molecule has 1 aliphatic rings. The molecular weight excluding hydrogens is 636 g/mol. The predicted octanol–water partition coefficient (Wildman–Crippen LogP) is 2.12. The predicted molar refractivity (Wildman–Crippen MR) is 152 cm³/mol. The van der Waals surface area contributed by atoms with Crippen molar-refractivity contribution in [1.82, 2.24) is 0 Å². The van der Waals surface area contributed by atoms with Crippen LogP contribution in [-0.4, -0.2) is 28.1 Å². The third kappa shape index (κ3) is 3.70. The third-order valence-corrected chi connectivity index (χ3v) is 66.9. The molecule has 0 aromatic heterocycles. The average molecular weight is 664 g/mol. The van der Waals surface area contributed by atoms with Gasteiger partial charge in [0, 0.05) is 0 Å². The van der Waals surface area contributed by atoms with E-state index < -0.39 is 28.1 Å². The molecule has 4 aromatic carbocycles. The zero-order chi connectivity index (χ0) is 23.8. The Bertz CT molecular complexity index is 1250. The fourth-order valence-electron chi connectivity index (χ4n) is 4.74. The first-order valence-electron chi connectivity index (χ1n) is 11.1. The summed E-state index contributed by atoms with van der Waals surface area (Å²) in [5.41, 5.74) is 27.7. The fraction of sp³-hybridized carbons (Fsp3) is 0. The average Bonchev–Trinajstić information content (AvgIpc) is 2.86. The van der Waals surface area contributed by atoms with Gasteiger partial charge in [0.2, 0.25) is 0 Å². The Kier molecular flexibility index (Phi) is 6.14. The van der Waals surface area contributed by atoms with E-state index in [0.717, 1.165) is 22.7 Å². The summed E-state index contributed by atoms with van der Waals surface area (Å²) in [5.74, 6) is 0. The summed E-state index contributed by atoms with van der Waals surface area (Å²) < 4.78 is 10.7. The number of rotatable bonds is 4. The van der Waals surface area contributed by atoms with Crippen LogP contribution in [0.3, 0.4) is 0 Å². The van der Waals surface area contributed by atoms with Crippen LogP contribution < -0.4 is 37.0 Å². The molecule has 34 heavy (non-hydrogen) atoms. The van der Waals surface area contributed by atoms with Gasteiger partial charge >= 0.3 is 205 Å². The first kappa shape index (κ1) is 23.0. The van der Waals surface area contributed by atoms with Gasteiger partial charge in [-0.25, -0.2) is 0 Å². The van der Waals surface area contributed by atoms with E-state index in [1.165, 1.54) is 14.0 Å². The molecule has 0 aliphatic carbocycles. The molecule has 4 nitrogen and oxygen atoms in total. The SMILES string of the molecule is Nc1cc[c]([Sb]2([c]3ccc(N)cc3)=[Sb]([c]3ccc(N)cc3)([c]3ccc(N)cc3)[CH]=CC=[CH]2)cc1. The van der Waals surface area contributed by atoms with Gasteiger partial charge in [-0.3, -0.25) is 0 Å². The van der Waals surface area contributed by atoms with Gasteiger partial charge < -0.3 is 0 Å². The van der Waals surface area contributed by atoms with Gasteiger partial charge in [-0.1, -0.05) is 0 Å². The summed E-state index contributed by atoms with van der Waals surface area (Å²) in [6.45, 7) is 0. The number of hydrogen-bond acceptors (Lipinski definition) is 4. The summed E-state index contributed by atoms with van der Waals surface area (Å²) in [6, 6.07) is 34.3. The van der Waals surface area contributed by atoms with Gasteiger partial charge in [0.15, 0.2) is 0 Å². The Balaban J connectivity index is 2.08. The van der Waals surface area contributed by atoms with Gasteiger partial charge in [0.05, 0.1) is 0 Å². The van der Waals surface area contributed by atoms with Gasteiger partial charge in [-0.2, -0.15) is 0 Å². The number of nitrogen functional groups attached to an aromatic ring is 4. The molecule has 0 saturated heterocycles. The van der Waals surface area contributed by atoms with E-state index in [9.17, 15) is 0 Å². The van der Waals surface area contributed by atoms with E-state index >= 15 is 0 Å². The molecule has 6 heteroatoms. The molecule has 0 amide bonds. The molecule has 170 valence electrons. The topological polar surface area (TPSA) is 104 Å². The summed E-state index contributed by atoms with van der Waals surface area (Å²) in [7, 11) is 0. The van der Waals surface area contributed by atoms with E-state index in [0.29, 0.717) is 0 Å². The molecule has 0 unspecified atom stereocenters. The number of benzene rings is 4. The van der Waals surface area contributed by atoms with Crippen molar-refractivity contribution in [1.29, 1.82) is 0 Å². The van der Waals surface area contributed by atoms with E-state index in [2.05, 4.69) is 68.7 Å². The van der Waals surface area contributed by atoms with E-state index in [4.69, 9.17) is 22.9 Å². The molecular formula is C28H28N4Sb2. The van der Waals surface area contributed by atoms with Crippen molar-refractivity contribution >= 4 is 64.8 Å². The molecule has 0 atom stereocenters. The summed E-state index contributed by atoms with van der Waals surface area (Å²) in [6.07, 6.45) is 4.50. The molecule has 0 spiro atoms. The molecule has 0 bridgehead atoms. The van der Waals surface area contributed by atoms with Gasteiger partial charge in [-0.05, 0) is 0 Å². The van der Waals surface area contributed by atoms with Crippen LogP contribution >= 0.6 is 0 Å². The Morgan fingerprint density at radius 3 is 0.735 bits per heavy atom. The minimum atomic E-state index is -3.48. The number of anilines is 4. The van der Waals surface area contributed by atoms with Gasteiger partial charge in [0.25, 0.3) is 0 Å². The Hall–Kier alpha value is -2.80. The van der Waals surface area contributed by atoms with Crippen LogP contribution in [0.4, 0.5) is 22.7 Å². The summed E-state index contributed by atoms with van der Waals surface area (Å²) in [4.78, 5) is 0. The monoisotopic (exact) mass is 662 g/mol. The van der Waals surface area contributed by atoms with Crippen LogP contribution in [0.2, 0.25) is 0 Å². The second-order valence-electron chi connectivity index (χ2n) is 8.42. The molecule has 1 aliphatic heterocycles. The Morgan fingerprint density at radius 1 is 0.324 bits per heavy atom. The maximum atomic E-state index is 6.14. The molecule has 0 fully saturated rings. The van der Waals surface area contributed by atoms with E-state index in [-0.39, 0.29) is 0 Å². The zero-order valence-corrected chi connectivity index (χ0v) is 23.9. The van der Waals surface area contributed by atoms with Crippen molar-refractivity contribution in [2.45, 2.75) is 0 Å². The fourth-order valence-corrected chi connectivity index (χ4v) is 71.8. The molecule has 1 heterocycles. The molecule has 0 saturated carbocycles. The first-order chi connectivity index (χ1) is 16.5. The van der Waals surface area contributed by atoms with Crippen molar-refractivity contribution in [2.24, 2.45) is 0 Å². The Labute approximate surface area is 203 Å². The van der Waals surface area contributed by atoms with Gasteiger partial charge in [0.1, 0.15) is 0 Å². The van der Waals surface area contributed by atoms with E-state index in [1.807, 2.05) is 48.5 Å². The molecule has 0 radical (unpaired) electrons. The number of nitrogens with two attached hydrogens (primary N) is 4. The molecule has 8 N–H and O–H groups in total. The Morgan fingerprint density at radius 2 is 0.529 bits per heavy atom.